The third-order valence-electron chi connectivity index (χ3n) is 6.01. The first-order chi connectivity index (χ1) is 16.5. The Bertz CT molecular complexity index is 1030. The molecular formula is C23H30N6O5. The smallest absolute Gasteiger partial charge is 0.407 e. The highest BCUT2D eigenvalue weighted by molar-refractivity contribution is 5.89. The maximum absolute atomic E-state index is 11.9. The summed E-state index contributed by atoms with van der Waals surface area (Å²) in [6.07, 6.45) is -0.266. The van der Waals surface area contributed by atoms with Crippen LogP contribution in [0, 0.1) is 0 Å². The second-order valence-electron chi connectivity index (χ2n) is 8.15. The summed E-state index contributed by atoms with van der Waals surface area (Å²) in [6, 6.07) is 6.37. The molecule has 11 heteroatoms. The second kappa shape index (κ2) is 10.7. The Hall–Kier alpha value is -3.44. The first-order valence-electron chi connectivity index (χ1n) is 11.5. The number of hydrogen-bond donors (Lipinski definition) is 4. The molecule has 1 atom stereocenters. The van der Waals surface area contributed by atoms with E-state index in [4.69, 9.17) is 14.7 Å². The minimum atomic E-state index is -1.03. The van der Waals surface area contributed by atoms with E-state index in [0.717, 1.165) is 16.9 Å². The molecule has 0 bridgehead atoms. The molecule has 2 aliphatic rings. The van der Waals surface area contributed by atoms with Crippen molar-refractivity contribution >= 4 is 23.6 Å². The summed E-state index contributed by atoms with van der Waals surface area (Å²) in [5, 5.41) is 24.8. The number of hydrogen-bond acceptors (Lipinski definition) is 7. The van der Waals surface area contributed by atoms with Gasteiger partial charge in [-0.15, -0.1) is 0 Å². The Morgan fingerprint density at radius 2 is 1.88 bits per heavy atom. The van der Waals surface area contributed by atoms with Gasteiger partial charge in [-0.1, -0.05) is 0 Å². The lowest BCUT2D eigenvalue weighted by molar-refractivity contribution is 0.107. The van der Waals surface area contributed by atoms with Gasteiger partial charge in [-0.05, 0) is 44.0 Å². The summed E-state index contributed by atoms with van der Waals surface area (Å²) in [4.78, 5) is 36.9. The molecule has 1 aromatic carbocycles. The zero-order valence-corrected chi connectivity index (χ0v) is 19.2. The molecule has 0 saturated carbocycles. The molecule has 0 radical (unpaired) electrons. The van der Waals surface area contributed by atoms with Crippen LogP contribution in [0.15, 0.2) is 24.3 Å². The molecule has 2 aromatic rings. The molecule has 1 unspecified atom stereocenters. The average Bonchev–Trinajstić information content (AvgIpc) is 2.84. The van der Waals surface area contributed by atoms with Crippen LogP contribution >= 0.6 is 0 Å². The fourth-order valence-corrected chi connectivity index (χ4v) is 4.39. The summed E-state index contributed by atoms with van der Waals surface area (Å²) in [5.74, 6) is 1.26. The summed E-state index contributed by atoms with van der Waals surface area (Å²) in [6.45, 7) is 5.10. The molecule has 34 heavy (non-hydrogen) atoms. The predicted molar refractivity (Wildman–Crippen MR) is 126 cm³/mol. The number of morpholine rings is 1. The van der Waals surface area contributed by atoms with Crippen molar-refractivity contribution in [3.8, 4) is 11.4 Å². The number of carbonyl (C=O) groups is 2. The maximum atomic E-state index is 11.9. The number of nitrogens with zero attached hydrogens (tertiary/aromatic N) is 4. The number of carbonyl (C=O) groups excluding carboxylic acids is 1. The number of anilines is 2. The first-order valence-corrected chi connectivity index (χ1v) is 11.5. The van der Waals surface area contributed by atoms with Crippen molar-refractivity contribution in [2.24, 2.45) is 0 Å². The van der Waals surface area contributed by atoms with Crippen LogP contribution in [0.3, 0.4) is 0 Å². The van der Waals surface area contributed by atoms with E-state index in [9.17, 15) is 19.8 Å². The molecule has 4 N–H and O–H groups in total. The summed E-state index contributed by atoms with van der Waals surface area (Å²) in [5.41, 5.74) is 2.94. The largest absolute Gasteiger partial charge is 0.465 e. The highest BCUT2D eigenvalue weighted by atomic mass is 16.5. The molecule has 11 nitrogen and oxygen atoms in total. The van der Waals surface area contributed by atoms with Crippen LogP contribution in [0.25, 0.3) is 11.4 Å². The summed E-state index contributed by atoms with van der Waals surface area (Å²) >= 11 is 0. The van der Waals surface area contributed by atoms with Gasteiger partial charge in [0.05, 0.1) is 24.9 Å². The predicted octanol–water partition coefficient (Wildman–Crippen LogP) is 2.08. The lowest BCUT2D eigenvalue weighted by atomic mass is 9.95. The van der Waals surface area contributed by atoms with Crippen LogP contribution in [-0.4, -0.2) is 83.2 Å². The Morgan fingerprint density at radius 1 is 1.15 bits per heavy atom. The van der Waals surface area contributed by atoms with Crippen LogP contribution in [0.1, 0.15) is 30.6 Å². The third-order valence-corrected chi connectivity index (χ3v) is 6.01. The van der Waals surface area contributed by atoms with Crippen molar-refractivity contribution in [3.05, 3.63) is 35.5 Å². The Balaban J connectivity index is 1.74. The molecule has 4 rings (SSSR count). The van der Waals surface area contributed by atoms with Crippen LogP contribution in [0.2, 0.25) is 0 Å². The van der Waals surface area contributed by atoms with E-state index in [0.29, 0.717) is 63.0 Å². The molecule has 3 heterocycles. The Labute approximate surface area is 197 Å². The van der Waals surface area contributed by atoms with Gasteiger partial charge in [0, 0.05) is 49.6 Å². The van der Waals surface area contributed by atoms with Crippen molar-refractivity contribution in [1.29, 1.82) is 0 Å². The highest BCUT2D eigenvalue weighted by Gasteiger charge is 2.35. The molecular weight excluding hydrogens is 440 g/mol. The minimum Gasteiger partial charge on any atom is -0.465 e. The van der Waals surface area contributed by atoms with Gasteiger partial charge < -0.3 is 30.5 Å². The molecule has 0 aliphatic carbocycles. The number of benzene rings is 1. The number of nitrogens with one attached hydrogen (secondary N) is 2. The molecule has 3 amide bonds. The van der Waals surface area contributed by atoms with Gasteiger partial charge in [-0.2, -0.15) is 0 Å². The summed E-state index contributed by atoms with van der Waals surface area (Å²) < 4.78 is 5.51. The number of amides is 3. The topological polar surface area (TPSA) is 140 Å². The van der Waals surface area contributed by atoms with E-state index in [1.165, 1.54) is 4.90 Å². The van der Waals surface area contributed by atoms with E-state index in [1.807, 2.05) is 19.1 Å². The molecule has 182 valence electrons. The Kier molecular flexibility index (Phi) is 7.43. The fraction of sp³-hybridized carbons (Fsp3) is 0.478. The lowest BCUT2D eigenvalue weighted by Gasteiger charge is -2.37. The second-order valence-corrected chi connectivity index (χ2v) is 8.15. The lowest BCUT2D eigenvalue weighted by Crippen LogP contribution is -2.43. The number of ether oxygens (including phenoxy) is 1. The van der Waals surface area contributed by atoms with Gasteiger partial charge >= 0.3 is 12.1 Å². The molecule has 1 aromatic heterocycles. The van der Waals surface area contributed by atoms with E-state index in [2.05, 4.69) is 15.5 Å². The van der Waals surface area contributed by atoms with Crippen LogP contribution in [-0.2, 0) is 11.2 Å². The van der Waals surface area contributed by atoms with Crippen LogP contribution in [0.4, 0.5) is 21.1 Å². The standard InChI is InChI=1S/C23H30N6O5/c1-2-24-22(31)25-16-5-3-15(4-6-16)20-26-19-17(21(27-20)28-10-13-34-14-11-28)7-9-29(23(32)33)18(19)8-12-30/h3-6,18,30H,2,7-14H2,1H3,(H,32,33)(H2,24,25,31). The van der Waals surface area contributed by atoms with Gasteiger partial charge in [0.1, 0.15) is 5.82 Å². The number of carboxylic acid groups (broad SMARTS) is 1. The number of fused-ring (bicyclic) bond motifs is 1. The van der Waals surface area contributed by atoms with E-state index in [1.54, 1.807) is 12.1 Å². The molecule has 1 saturated heterocycles. The zero-order chi connectivity index (χ0) is 24.1. The van der Waals surface area contributed by atoms with E-state index in [-0.39, 0.29) is 19.1 Å². The van der Waals surface area contributed by atoms with Gasteiger partial charge in [0.25, 0.3) is 0 Å². The third kappa shape index (κ3) is 5.05. The highest BCUT2D eigenvalue weighted by Crippen LogP contribution is 2.37. The fourth-order valence-electron chi connectivity index (χ4n) is 4.39. The Morgan fingerprint density at radius 3 is 2.53 bits per heavy atom. The number of rotatable bonds is 6. The van der Waals surface area contributed by atoms with Crippen LogP contribution < -0.4 is 15.5 Å². The molecule has 2 aliphatic heterocycles. The SMILES string of the molecule is CCNC(=O)Nc1ccc(-c2nc3c(c(N4CCOCC4)n2)CCN(C(=O)O)C3CCO)cc1. The maximum Gasteiger partial charge on any atom is 0.407 e. The number of aromatic nitrogens is 2. The van der Waals surface area contributed by atoms with E-state index < -0.39 is 12.1 Å². The van der Waals surface area contributed by atoms with Crippen molar-refractivity contribution in [2.45, 2.75) is 25.8 Å². The van der Waals surface area contributed by atoms with Gasteiger partial charge in [-0.25, -0.2) is 19.6 Å². The average molecular weight is 471 g/mol. The van der Waals surface area contributed by atoms with Crippen molar-refractivity contribution in [1.82, 2.24) is 20.2 Å². The first kappa shape index (κ1) is 23.7. The van der Waals surface area contributed by atoms with Gasteiger partial charge in [-0.3, -0.25) is 4.90 Å². The minimum absolute atomic E-state index is 0.152. The van der Waals surface area contributed by atoms with Gasteiger partial charge in [0.15, 0.2) is 5.82 Å². The number of urea groups is 1. The van der Waals surface area contributed by atoms with Crippen molar-refractivity contribution < 1.29 is 24.5 Å². The van der Waals surface area contributed by atoms with E-state index >= 15 is 0 Å². The number of aliphatic hydroxyl groups is 1. The van der Waals surface area contributed by atoms with Crippen molar-refractivity contribution in [2.75, 3.05) is 56.2 Å². The quantitative estimate of drug-likeness (QED) is 0.503. The normalized spacial score (nSPS) is 17.8. The number of aliphatic hydroxyl groups excluding tert-OH is 1. The van der Waals surface area contributed by atoms with Crippen molar-refractivity contribution in [3.63, 3.8) is 0 Å². The monoisotopic (exact) mass is 470 g/mol. The summed E-state index contributed by atoms with van der Waals surface area (Å²) in [7, 11) is 0. The molecule has 0 spiro atoms. The zero-order valence-electron chi connectivity index (χ0n) is 19.2. The van der Waals surface area contributed by atoms with Crippen LogP contribution in [0.5, 0.6) is 0 Å². The van der Waals surface area contributed by atoms with Gasteiger partial charge in [0.2, 0.25) is 0 Å². The molecule has 1 fully saturated rings.